The number of rotatable bonds is 7. The van der Waals surface area contributed by atoms with Crippen LogP contribution in [-0.4, -0.2) is 36.7 Å². The molecule has 0 saturated heterocycles. The fraction of sp³-hybridized carbons (Fsp3) is 0.500. The SMILES string of the molecule is COc1ccc(C(=O)OCc2cc(=O)n(C)c(=O)n2C)cc1S(=O)(=O)N[C@H]1CCCC[C@H]1C. The second kappa shape index (κ2) is 9.92. The van der Waals surface area contributed by atoms with E-state index >= 15 is 0 Å². The van der Waals surface area contributed by atoms with Gasteiger partial charge >= 0.3 is 11.7 Å². The maximum atomic E-state index is 13.1. The number of esters is 1. The predicted molar refractivity (Wildman–Crippen MR) is 121 cm³/mol. The molecule has 1 aliphatic rings. The first kappa shape index (κ1) is 24.7. The standard InChI is InChI=1S/C22H29N3O7S/c1-14-7-5-6-8-17(14)23-33(29,30)19-11-15(9-10-18(19)31-4)21(27)32-13-16-12-20(26)25(3)22(28)24(16)2/h9-12,14,17,23H,5-8,13H2,1-4H3/t14-,17+/m1/s1. The highest BCUT2D eigenvalue weighted by Gasteiger charge is 2.29. The third kappa shape index (κ3) is 5.36. The molecule has 33 heavy (non-hydrogen) atoms. The van der Waals surface area contributed by atoms with Gasteiger partial charge in [-0.2, -0.15) is 0 Å². The van der Waals surface area contributed by atoms with E-state index in [2.05, 4.69) is 4.72 Å². The van der Waals surface area contributed by atoms with Gasteiger partial charge in [-0.05, 0) is 37.0 Å². The number of benzene rings is 1. The van der Waals surface area contributed by atoms with Gasteiger partial charge < -0.3 is 9.47 Å². The molecule has 1 fully saturated rings. The molecular formula is C22H29N3O7S. The quantitative estimate of drug-likeness (QED) is 0.594. The van der Waals surface area contributed by atoms with Crippen LogP contribution in [0, 0.1) is 5.92 Å². The van der Waals surface area contributed by atoms with E-state index in [0.717, 1.165) is 30.3 Å². The summed E-state index contributed by atoms with van der Waals surface area (Å²) in [5.41, 5.74) is -0.855. The van der Waals surface area contributed by atoms with E-state index in [0.29, 0.717) is 0 Å². The van der Waals surface area contributed by atoms with Crippen LogP contribution in [-0.2, 0) is 35.5 Å². The summed E-state index contributed by atoms with van der Waals surface area (Å²) in [6.07, 6.45) is 3.72. The van der Waals surface area contributed by atoms with Gasteiger partial charge in [-0.1, -0.05) is 19.8 Å². The van der Waals surface area contributed by atoms with Crippen molar-refractivity contribution in [3.63, 3.8) is 0 Å². The lowest BCUT2D eigenvalue weighted by atomic mass is 9.87. The average Bonchev–Trinajstić information content (AvgIpc) is 2.79. The molecule has 2 atom stereocenters. The van der Waals surface area contributed by atoms with Gasteiger partial charge in [0.25, 0.3) is 5.56 Å². The zero-order valence-corrected chi connectivity index (χ0v) is 20.0. The molecule has 180 valence electrons. The van der Waals surface area contributed by atoms with Crippen molar-refractivity contribution in [2.24, 2.45) is 20.0 Å². The molecule has 3 rings (SSSR count). The zero-order valence-electron chi connectivity index (χ0n) is 19.2. The number of methoxy groups -OCH3 is 1. The highest BCUT2D eigenvalue weighted by Crippen LogP contribution is 2.29. The number of nitrogens with zero attached hydrogens (tertiary/aromatic N) is 2. The summed E-state index contributed by atoms with van der Waals surface area (Å²) in [5, 5.41) is 0. The van der Waals surface area contributed by atoms with Crippen LogP contribution in [0.3, 0.4) is 0 Å². The van der Waals surface area contributed by atoms with E-state index in [1.807, 2.05) is 6.92 Å². The van der Waals surface area contributed by atoms with Crippen molar-refractivity contribution in [3.05, 3.63) is 56.4 Å². The Hall–Kier alpha value is -2.92. The zero-order chi connectivity index (χ0) is 24.3. The van der Waals surface area contributed by atoms with Gasteiger partial charge in [-0.25, -0.2) is 22.7 Å². The van der Waals surface area contributed by atoms with Crippen LogP contribution in [0.15, 0.2) is 38.8 Å². The first-order valence-corrected chi connectivity index (χ1v) is 12.2. The molecule has 0 amide bonds. The largest absolute Gasteiger partial charge is 0.495 e. The van der Waals surface area contributed by atoms with E-state index in [9.17, 15) is 22.8 Å². The highest BCUT2D eigenvalue weighted by molar-refractivity contribution is 7.89. The van der Waals surface area contributed by atoms with Crippen LogP contribution >= 0.6 is 0 Å². The number of carbonyl (C=O) groups excluding carboxylic acids is 1. The molecule has 0 spiro atoms. The normalized spacial score (nSPS) is 18.7. The maximum Gasteiger partial charge on any atom is 0.338 e. The average molecular weight is 480 g/mol. The van der Waals surface area contributed by atoms with Crippen LogP contribution < -0.4 is 20.7 Å². The minimum absolute atomic E-state index is 0.00158. The predicted octanol–water partition coefficient (Wildman–Crippen LogP) is 1.31. The molecule has 1 heterocycles. The van der Waals surface area contributed by atoms with Crippen LogP contribution in [0.1, 0.15) is 48.7 Å². The van der Waals surface area contributed by atoms with Gasteiger partial charge in [0, 0.05) is 26.2 Å². The van der Waals surface area contributed by atoms with Crippen molar-refractivity contribution in [2.75, 3.05) is 7.11 Å². The molecule has 0 aliphatic heterocycles. The minimum Gasteiger partial charge on any atom is -0.495 e. The minimum atomic E-state index is -3.95. The molecule has 1 aliphatic carbocycles. The molecule has 10 nitrogen and oxygen atoms in total. The van der Waals surface area contributed by atoms with Crippen molar-refractivity contribution in [2.45, 2.75) is 50.2 Å². The smallest absolute Gasteiger partial charge is 0.338 e. The van der Waals surface area contributed by atoms with Crippen molar-refractivity contribution in [1.29, 1.82) is 0 Å². The maximum absolute atomic E-state index is 13.1. The summed E-state index contributed by atoms with van der Waals surface area (Å²) in [4.78, 5) is 36.4. The van der Waals surface area contributed by atoms with Gasteiger partial charge in [-0.3, -0.25) is 13.9 Å². The second-order valence-corrected chi connectivity index (χ2v) is 9.99. The Morgan fingerprint density at radius 3 is 2.48 bits per heavy atom. The lowest BCUT2D eigenvalue weighted by Gasteiger charge is -2.29. The lowest BCUT2D eigenvalue weighted by Crippen LogP contribution is -2.41. The number of hydrogen-bond donors (Lipinski definition) is 1. The molecule has 0 bridgehead atoms. The first-order chi connectivity index (χ1) is 15.5. The molecular weight excluding hydrogens is 450 g/mol. The third-order valence-corrected chi connectivity index (χ3v) is 7.59. The summed E-state index contributed by atoms with van der Waals surface area (Å²) in [7, 11) is 0.208. The van der Waals surface area contributed by atoms with E-state index in [4.69, 9.17) is 9.47 Å². The number of sulfonamides is 1. The van der Waals surface area contributed by atoms with E-state index in [-0.39, 0.29) is 40.5 Å². The summed E-state index contributed by atoms with van der Waals surface area (Å²) < 4.78 is 41.6. The van der Waals surface area contributed by atoms with Gasteiger partial charge in [0.2, 0.25) is 10.0 Å². The van der Waals surface area contributed by atoms with Gasteiger partial charge in [0.05, 0.1) is 18.4 Å². The topological polar surface area (TPSA) is 126 Å². The summed E-state index contributed by atoms with van der Waals surface area (Å²) in [6.45, 7) is 1.69. The fourth-order valence-electron chi connectivity index (χ4n) is 3.91. The first-order valence-electron chi connectivity index (χ1n) is 10.7. The van der Waals surface area contributed by atoms with Gasteiger partial charge in [0.1, 0.15) is 17.3 Å². The highest BCUT2D eigenvalue weighted by atomic mass is 32.2. The van der Waals surface area contributed by atoms with E-state index < -0.39 is 27.2 Å². The van der Waals surface area contributed by atoms with E-state index in [1.165, 1.54) is 50.0 Å². The number of nitrogens with one attached hydrogen (secondary N) is 1. The molecule has 1 aromatic carbocycles. The lowest BCUT2D eigenvalue weighted by molar-refractivity contribution is 0.0462. The third-order valence-electron chi connectivity index (χ3n) is 6.08. The Morgan fingerprint density at radius 2 is 1.82 bits per heavy atom. The van der Waals surface area contributed by atoms with Crippen molar-refractivity contribution < 1.29 is 22.7 Å². The number of carbonyl (C=O) groups is 1. The Kier molecular flexibility index (Phi) is 7.43. The van der Waals surface area contributed by atoms with E-state index in [1.54, 1.807) is 0 Å². The molecule has 1 saturated carbocycles. The summed E-state index contributed by atoms with van der Waals surface area (Å²) in [5.74, 6) is -0.484. The Balaban J connectivity index is 1.83. The van der Waals surface area contributed by atoms with Crippen LogP contribution in [0.2, 0.25) is 0 Å². The van der Waals surface area contributed by atoms with Crippen molar-refractivity contribution in [1.82, 2.24) is 13.9 Å². The second-order valence-electron chi connectivity index (χ2n) is 8.31. The number of hydrogen-bond acceptors (Lipinski definition) is 7. The number of aromatic nitrogens is 2. The molecule has 1 aromatic heterocycles. The summed E-state index contributed by atoms with van der Waals surface area (Å²) in [6, 6.07) is 5.01. The Morgan fingerprint density at radius 1 is 1.12 bits per heavy atom. The Labute approximate surface area is 192 Å². The Bertz CT molecular complexity index is 1260. The van der Waals surface area contributed by atoms with Crippen LogP contribution in [0.25, 0.3) is 0 Å². The summed E-state index contributed by atoms with van der Waals surface area (Å²) >= 11 is 0. The van der Waals surface area contributed by atoms with Crippen molar-refractivity contribution in [3.8, 4) is 5.75 Å². The van der Waals surface area contributed by atoms with Crippen LogP contribution in [0.4, 0.5) is 0 Å². The monoisotopic (exact) mass is 479 g/mol. The van der Waals surface area contributed by atoms with Crippen LogP contribution in [0.5, 0.6) is 5.75 Å². The molecule has 11 heteroatoms. The molecule has 0 unspecified atom stereocenters. The van der Waals surface area contributed by atoms with Gasteiger partial charge in [-0.15, -0.1) is 0 Å². The van der Waals surface area contributed by atoms with Gasteiger partial charge in [0.15, 0.2) is 0 Å². The van der Waals surface area contributed by atoms with Crippen molar-refractivity contribution >= 4 is 16.0 Å². The number of ether oxygens (including phenoxy) is 2. The molecule has 2 aromatic rings. The fourth-order valence-corrected chi connectivity index (χ4v) is 5.48. The molecule has 1 N–H and O–H groups in total. The molecule has 0 radical (unpaired) electrons.